The molecule has 3 N–H and O–H groups in total. The molecule has 0 aliphatic carbocycles. The first-order valence-electron chi connectivity index (χ1n) is 4.99. The van der Waals surface area contributed by atoms with Crippen LogP contribution >= 0.6 is 27.7 Å². The van der Waals surface area contributed by atoms with Crippen LogP contribution in [0.4, 0.5) is 5.69 Å². The van der Waals surface area contributed by atoms with Gasteiger partial charge in [0, 0.05) is 28.0 Å². The van der Waals surface area contributed by atoms with Gasteiger partial charge in [0.15, 0.2) is 0 Å². The zero-order valence-corrected chi connectivity index (χ0v) is 11.6. The van der Waals surface area contributed by atoms with Crippen LogP contribution in [0, 0.1) is 12.3 Å². The lowest BCUT2D eigenvalue weighted by atomic mass is 10.2. The van der Waals surface area contributed by atoms with Gasteiger partial charge in [-0.3, -0.25) is 4.79 Å². The standard InChI is InChI=1S/C12H13BrN2OS/c1-2-4-17-5-3-15-12(16)9-6-10(13)8-11(14)7-9/h1,6-8H,3-5,14H2,(H,15,16). The van der Waals surface area contributed by atoms with Gasteiger partial charge >= 0.3 is 0 Å². The van der Waals surface area contributed by atoms with Crippen LogP contribution in [0.25, 0.3) is 0 Å². The maximum Gasteiger partial charge on any atom is 0.251 e. The van der Waals surface area contributed by atoms with Gasteiger partial charge in [-0.05, 0) is 18.2 Å². The predicted molar refractivity (Wildman–Crippen MR) is 77.0 cm³/mol. The number of carbonyl (C=O) groups excluding carboxylic acids is 1. The monoisotopic (exact) mass is 312 g/mol. The molecule has 3 nitrogen and oxygen atoms in total. The number of thioether (sulfide) groups is 1. The first-order chi connectivity index (χ1) is 8.13. The molecule has 1 rings (SSSR count). The average Bonchev–Trinajstić information content (AvgIpc) is 2.27. The van der Waals surface area contributed by atoms with Gasteiger partial charge in [0.05, 0.1) is 5.75 Å². The maximum absolute atomic E-state index is 11.7. The van der Waals surface area contributed by atoms with E-state index in [-0.39, 0.29) is 5.91 Å². The van der Waals surface area contributed by atoms with E-state index in [1.807, 2.05) is 0 Å². The lowest BCUT2D eigenvalue weighted by Crippen LogP contribution is -2.25. The number of halogens is 1. The Labute approximate surface area is 114 Å². The second-order valence-corrected chi connectivity index (χ2v) is 5.31. The van der Waals surface area contributed by atoms with Gasteiger partial charge in [0.2, 0.25) is 0 Å². The Morgan fingerprint density at radius 2 is 2.29 bits per heavy atom. The van der Waals surface area contributed by atoms with E-state index in [4.69, 9.17) is 12.2 Å². The minimum Gasteiger partial charge on any atom is -0.399 e. The van der Waals surface area contributed by atoms with Crippen LogP contribution in [-0.4, -0.2) is 24.0 Å². The second-order valence-electron chi connectivity index (χ2n) is 3.29. The van der Waals surface area contributed by atoms with Crippen molar-refractivity contribution < 1.29 is 4.79 Å². The molecule has 0 aliphatic rings. The number of nitrogens with one attached hydrogen (secondary N) is 1. The summed E-state index contributed by atoms with van der Waals surface area (Å²) in [6, 6.07) is 5.13. The summed E-state index contributed by atoms with van der Waals surface area (Å²) in [4.78, 5) is 11.7. The molecule has 0 spiro atoms. The Morgan fingerprint density at radius 1 is 1.53 bits per heavy atom. The smallest absolute Gasteiger partial charge is 0.251 e. The largest absolute Gasteiger partial charge is 0.399 e. The first-order valence-corrected chi connectivity index (χ1v) is 6.93. The molecular formula is C12H13BrN2OS. The van der Waals surface area contributed by atoms with Crippen LogP contribution in [0.5, 0.6) is 0 Å². The molecule has 0 aliphatic heterocycles. The highest BCUT2D eigenvalue weighted by molar-refractivity contribution is 9.10. The Hall–Kier alpha value is -1.12. The number of amides is 1. The zero-order chi connectivity index (χ0) is 12.7. The van der Waals surface area contributed by atoms with E-state index in [0.29, 0.717) is 23.5 Å². The van der Waals surface area contributed by atoms with Crippen LogP contribution in [0.3, 0.4) is 0 Å². The van der Waals surface area contributed by atoms with E-state index in [2.05, 4.69) is 27.2 Å². The number of hydrogen-bond acceptors (Lipinski definition) is 3. The summed E-state index contributed by atoms with van der Waals surface area (Å²) in [6.07, 6.45) is 5.12. The van der Waals surface area contributed by atoms with E-state index in [9.17, 15) is 4.79 Å². The van der Waals surface area contributed by atoms with Crippen molar-refractivity contribution in [1.82, 2.24) is 5.32 Å². The summed E-state index contributed by atoms with van der Waals surface area (Å²) < 4.78 is 0.796. The van der Waals surface area contributed by atoms with E-state index in [0.717, 1.165) is 10.2 Å². The van der Waals surface area contributed by atoms with Crippen LogP contribution in [0.15, 0.2) is 22.7 Å². The predicted octanol–water partition coefficient (Wildman–Crippen LogP) is 2.13. The number of rotatable bonds is 5. The van der Waals surface area contributed by atoms with Crippen molar-refractivity contribution in [2.24, 2.45) is 0 Å². The van der Waals surface area contributed by atoms with E-state index >= 15 is 0 Å². The molecule has 1 aromatic rings. The summed E-state index contributed by atoms with van der Waals surface area (Å²) in [5.41, 5.74) is 6.77. The number of anilines is 1. The lowest BCUT2D eigenvalue weighted by molar-refractivity contribution is 0.0956. The van der Waals surface area contributed by atoms with Gasteiger partial charge in [-0.25, -0.2) is 0 Å². The molecule has 0 heterocycles. The van der Waals surface area contributed by atoms with E-state index in [1.54, 1.807) is 30.0 Å². The van der Waals surface area contributed by atoms with Crippen molar-refractivity contribution >= 4 is 39.3 Å². The summed E-state index contributed by atoms with van der Waals surface area (Å²) >= 11 is 4.91. The Morgan fingerprint density at radius 3 is 2.94 bits per heavy atom. The van der Waals surface area contributed by atoms with Gasteiger partial charge in [0.1, 0.15) is 0 Å². The second kappa shape index (κ2) is 7.25. The quantitative estimate of drug-likeness (QED) is 0.497. The number of nitrogens with two attached hydrogens (primary N) is 1. The Bertz CT molecular complexity index is 422. The van der Waals surface area contributed by atoms with Gasteiger partial charge < -0.3 is 11.1 Å². The third-order valence-electron chi connectivity index (χ3n) is 1.90. The zero-order valence-electron chi connectivity index (χ0n) is 9.20. The number of benzene rings is 1. The third-order valence-corrected chi connectivity index (χ3v) is 3.22. The topological polar surface area (TPSA) is 55.1 Å². The fourth-order valence-electron chi connectivity index (χ4n) is 1.21. The van der Waals surface area contributed by atoms with Crippen molar-refractivity contribution in [3.05, 3.63) is 28.2 Å². The lowest BCUT2D eigenvalue weighted by Gasteiger charge is -2.06. The minimum atomic E-state index is -0.126. The molecule has 0 saturated carbocycles. The highest BCUT2D eigenvalue weighted by atomic mass is 79.9. The summed E-state index contributed by atoms with van der Waals surface area (Å²) in [5.74, 6) is 3.88. The number of nitrogen functional groups attached to an aromatic ring is 1. The van der Waals surface area contributed by atoms with Crippen molar-refractivity contribution in [2.75, 3.05) is 23.8 Å². The maximum atomic E-state index is 11.7. The fraction of sp³-hybridized carbons (Fsp3) is 0.250. The summed E-state index contributed by atoms with van der Waals surface area (Å²) in [5, 5.41) is 2.81. The molecule has 0 radical (unpaired) electrons. The molecular weight excluding hydrogens is 300 g/mol. The normalized spacial score (nSPS) is 9.65. The molecule has 90 valence electrons. The van der Waals surface area contributed by atoms with Gasteiger partial charge in [0.25, 0.3) is 5.91 Å². The molecule has 0 unspecified atom stereocenters. The fourth-order valence-corrected chi connectivity index (χ4v) is 2.23. The van der Waals surface area contributed by atoms with Crippen LogP contribution in [-0.2, 0) is 0 Å². The van der Waals surface area contributed by atoms with Crippen LogP contribution in [0.1, 0.15) is 10.4 Å². The molecule has 0 bridgehead atoms. The van der Waals surface area contributed by atoms with Crippen molar-refractivity contribution in [3.8, 4) is 12.3 Å². The number of hydrogen-bond donors (Lipinski definition) is 2. The molecule has 5 heteroatoms. The molecule has 0 saturated heterocycles. The summed E-state index contributed by atoms with van der Waals surface area (Å²) in [7, 11) is 0. The van der Waals surface area contributed by atoms with Gasteiger partial charge in [-0.15, -0.1) is 18.2 Å². The van der Waals surface area contributed by atoms with Crippen molar-refractivity contribution in [2.45, 2.75) is 0 Å². The SMILES string of the molecule is C#CCSCCNC(=O)c1cc(N)cc(Br)c1. The van der Waals surface area contributed by atoms with Gasteiger partial charge in [-0.1, -0.05) is 21.9 Å². The van der Waals surface area contributed by atoms with Crippen molar-refractivity contribution in [1.29, 1.82) is 0 Å². The molecule has 1 aromatic carbocycles. The van der Waals surface area contributed by atoms with Gasteiger partial charge in [-0.2, -0.15) is 0 Å². The van der Waals surface area contributed by atoms with Crippen LogP contribution < -0.4 is 11.1 Å². The summed E-state index contributed by atoms with van der Waals surface area (Å²) in [6.45, 7) is 0.595. The van der Waals surface area contributed by atoms with Crippen LogP contribution in [0.2, 0.25) is 0 Å². The highest BCUT2D eigenvalue weighted by Crippen LogP contribution is 2.17. The highest BCUT2D eigenvalue weighted by Gasteiger charge is 2.06. The van der Waals surface area contributed by atoms with E-state index in [1.165, 1.54) is 0 Å². The number of terminal acetylenes is 1. The molecule has 0 atom stereocenters. The molecule has 0 fully saturated rings. The molecule has 0 aromatic heterocycles. The molecule has 1 amide bonds. The Kier molecular flexibility index (Phi) is 5.95. The van der Waals surface area contributed by atoms with E-state index < -0.39 is 0 Å². The minimum absolute atomic E-state index is 0.126. The third kappa shape index (κ3) is 5.16. The van der Waals surface area contributed by atoms with Crippen molar-refractivity contribution in [3.63, 3.8) is 0 Å². The first kappa shape index (κ1) is 13.9. The average molecular weight is 313 g/mol. The number of carbonyl (C=O) groups is 1. The molecule has 17 heavy (non-hydrogen) atoms. The Balaban J connectivity index is 2.44.